The minimum Gasteiger partial charge on any atom is -0.490 e. The first-order valence-electron chi connectivity index (χ1n) is 5.77. The normalized spacial score (nSPS) is 14.0. The molecule has 0 saturated carbocycles. The van der Waals surface area contributed by atoms with Gasteiger partial charge in [0.2, 0.25) is 0 Å². The summed E-state index contributed by atoms with van der Waals surface area (Å²) in [6.45, 7) is 1.30. The van der Waals surface area contributed by atoms with Gasteiger partial charge in [0, 0.05) is 12.0 Å². The molecule has 1 aliphatic heterocycles. The summed E-state index contributed by atoms with van der Waals surface area (Å²) in [6.07, 6.45) is 3.72. The molecule has 92 valence electrons. The number of fused-ring (bicyclic) bond motifs is 1. The molecule has 1 aliphatic rings. The number of H-pyrrole nitrogens is 1. The SMILES string of the molecule is O=c1cncc(-c2ccc3c(c2)OCCCO3)[nH]1. The van der Waals surface area contributed by atoms with Crippen LogP contribution in [0, 0.1) is 0 Å². The van der Waals surface area contributed by atoms with Crippen LogP contribution in [0.3, 0.4) is 0 Å². The third kappa shape index (κ3) is 2.07. The first kappa shape index (κ1) is 10.8. The van der Waals surface area contributed by atoms with E-state index in [1.807, 2.05) is 18.2 Å². The van der Waals surface area contributed by atoms with E-state index in [-0.39, 0.29) is 5.56 Å². The van der Waals surface area contributed by atoms with Crippen molar-refractivity contribution in [1.82, 2.24) is 9.97 Å². The number of nitrogens with zero attached hydrogens (tertiary/aromatic N) is 1. The smallest absolute Gasteiger partial charge is 0.266 e. The van der Waals surface area contributed by atoms with E-state index in [1.165, 1.54) is 6.20 Å². The topological polar surface area (TPSA) is 64.2 Å². The Bertz CT molecular complexity index is 622. The molecule has 5 heteroatoms. The molecular weight excluding hydrogens is 232 g/mol. The van der Waals surface area contributed by atoms with Crippen molar-refractivity contribution in [2.24, 2.45) is 0 Å². The number of aromatic amines is 1. The van der Waals surface area contributed by atoms with Crippen LogP contribution in [0.1, 0.15) is 6.42 Å². The molecule has 18 heavy (non-hydrogen) atoms. The number of nitrogens with one attached hydrogen (secondary N) is 1. The summed E-state index contributed by atoms with van der Waals surface area (Å²) in [4.78, 5) is 17.8. The Morgan fingerprint density at radius 1 is 1.11 bits per heavy atom. The average molecular weight is 244 g/mol. The predicted molar refractivity (Wildman–Crippen MR) is 65.9 cm³/mol. The van der Waals surface area contributed by atoms with Gasteiger partial charge < -0.3 is 14.5 Å². The molecular formula is C13H12N2O3. The van der Waals surface area contributed by atoms with Crippen LogP contribution in [-0.4, -0.2) is 23.2 Å². The quantitative estimate of drug-likeness (QED) is 0.827. The Labute approximate surface area is 103 Å². The highest BCUT2D eigenvalue weighted by Gasteiger charge is 2.11. The lowest BCUT2D eigenvalue weighted by Gasteiger charge is -2.08. The average Bonchev–Trinajstić information content (AvgIpc) is 2.63. The molecule has 5 nitrogen and oxygen atoms in total. The van der Waals surface area contributed by atoms with Crippen molar-refractivity contribution in [2.45, 2.75) is 6.42 Å². The van der Waals surface area contributed by atoms with Crippen LogP contribution in [0.15, 0.2) is 35.4 Å². The molecule has 1 aromatic heterocycles. The fourth-order valence-electron chi connectivity index (χ4n) is 1.85. The fourth-order valence-corrected chi connectivity index (χ4v) is 1.85. The number of hydrogen-bond acceptors (Lipinski definition) is 4. The van der Waals surface area contributed by atoms with Crippen LogP contribution >= 0.6 is 0 Å². The number of aromatic nitrogens is 2. The van der Waals surface area contributed by atoms with Gasteiger partial charge in [-0.2, -0.15) is 0 Å². The number of rotatable bonds is 1. The maximum absolute atomic E-state index is 11.2. The van der Waals surface area contributed by atoms with Gasteiger partial charge in [-0.1, -0.05) is 0 Å². The molecule has 1 N–H and O–H groups in total. The molecule has 0 amide bonds. The Morgan fingerprint density at radius 2 is 1.94 bits per heavy atom. The molecule has 0 bridgehead atoms. The number of hydrogen-bond donors (Lipinski definition) is 1. The van der Waals surface area contributed by atoms with E-state index in [0.29, 0.717) is 24.7 Å². The van der Waals surface area contributed by atoms with Crippen molar-refractivity contribution >= 4 is 0 Å². The highest BCUT2D eigenvalue weighted by molar-refractivity contribution is 5.63. The van der Waals surface area contributed by atoms with Crippen LogP contribution in [0.2, 0.25) is 0 Å². The van der Waals surface area contributed by atoms with Gasteiger partial charge in [0.25, 0.3) is 5.56 Å². The van der Waals surface area contributed by atoms with Gasteiger partial charge in [-0.3, -0.25) is 9.78 Å². The highest BCUT2D eigenvalue weighted by Crippen LogP contribution is 2.33. The van der Waals surface area contributed by atoms with Crippen LogP contribution in [0.5, 0.6) is 11.5 Å². The summed E-state index contributed by atoms with van der Waals surface area (Å²) in [7, 11) is 0. The van der Waals surface area contributed by atoms with Crippen molar-refractivity contribution in [3.8, 4) is 22.8 Å². The lowest BCUT2D eigenvalue weighted by Crippen LogP contribution is -2.05. The molecule has 0 atom stereocenters. The maximum Gasteiger partial charge on any atom is 0.266 e. The Balaban J connectivity index is 2.04. The number of ether oxygens (including phenoxy) is 2. The summed E-state index contributed by atoms with van der Waals surface area (Å²) >= 11 is 0. The Morgan fingerprint density at radius 3 is 2.78 bits per heavy atom. The van der Waals surface area contributed by atoms with E-state index in [9.17, 15) is 4.79 Å². The summed E-state index contributed by atoms with van der Waals surface area (Å²) in [6, 6.07) is 5.58. The summed E-state index contributed by atoms with van der Waals surface area (Å²) in [5.74, 6) is 1.44. The Hall–Kier alpha value is -2.30. The Kier molecular flexibility index (Phi) is 2.72. The van der Waals surface area contributed by atoms with Gasteiger partial charge in [-0.25, -0.2) is 0 Å². The number of benzene rings is 1. The van der Waals surface area contributed by atoms with Crippen molar-refractivity contribution < 1.29 is 9.47 Å². The molecule has 3 rings (SSSR count). The summed E-state index contributed by atoms with van der Waals surface area (Å²) in [5, 5.41) is 0. The molecule has 2 aromatic rings. The molecule has 0 saturated heterocycles. The summed E-state index contributed by atoms with van der Waals surface area (Å²) in [5.41, 5.74) is 1.29. The van der Waals surface area contributed by atoms with Gasteiger partial charge in [0.15, 0.2) is 11.5 Å². The molecule has 0 fully saturated rings. The molecule has 1 aromatic carbocycles. The minimum atomic E-state index is -0.223. The van der Waals surface area contributed by atoms with Gasteiger partial charge >= 0.3 is 0 Å². The van der Waals surface area contributed by atoms with Gasteiger partial charge in [0.05, 0.1) is 31.3 Å². The molecule has 2 heterocycles. The van der Waals surface area contributed by atoms with Gasteiger partial charge in [0.1, 0.15) is 0 Å². The summed E-state index contributed by atoms with van der Waals surface area (Å²) < 4.78 is 11.2. The monoisotopic (exact) mass is 244 g/mol. The van der Waals surface area contributed by atoms with Gasteiger partial charge in [-0.15, -0.1) is 0 Å². The molecule has 0 aliphatic carbocycles. The van der Waals surface area contributed by atoms with Crippen LogP contribution in [0.25, 0.3) is 11.3 Å². The largest absolute Gasteiger partial charge is 0.490 e. The van der Waals surface area contributed by atoms with Crippen molar-refractivity contribution in [2.75, 3.05) is 13.2 Å². The minimum absolute atomic E-state index is 0.223. The van der Waals surface area contributed by atoms with E-state index in [2.05, 4.69) is 9.97 Å². The second-order valence-electron chi connectivity index (χ2n) is 4.02. The predicted octanol–water partition coefficient (Wildman–Crippen LogP) is 1.60. The van der Waals surface area contributed by atoms with E-state index >= 15 is 0 Å². The molecule has 0 unspecified atom stereocenters. The maximum atomic E-state index is 11.2. The van der Waals surface area contributed by atoms with Crippen molar-refractivity contribution in [3.05, 3.63) is 40.9 Å². The van der Waals surface area contributed by atoms with Gasteiger partial charge in [-0.05, 0) is 18.2 Å². The standard InChI is InChI=1S/C13H12N2O3/c16-13-8-14-7-10(15-13)9-2-3-11-12(6-9)18-5-1-4-17-11/h2-3,6-8H,1,4-5H2,(H,15,16). The van der Waals surface area contributed by atoms with E-state index in [0.717, 1.165) is 17.7 Å². The van der Waals surface area contributed by atoms with Crippen LogP contribution in [0.4, 0.5) is 0 Å². The third-order valence-corrected chi connectivity index (χ3v) is 2.71. The fraction of sp³-hybridized carbons (Fsp3) is 0.231. The van der Waals surface area contributed by atoms with Crippen molar-refractivity contribution in [1.29, 1.82) is 0 Å². The van der Waals surface area contributed by atoms with E-state index < -0.39 is 0 Å². The molecule has 0 radical (unpaired) electrons. The lowest BCUT2D eigenvalue weighted by molar-refractivity contribution is 0.297. The highest BCUT2D eigenvalue weighted by atomic mass is 16.5. The van der Waals surface area contributed by atoms with E-state index in [4.69, 9.17) is 9.47 Å². The first-order valence-corrected chi connectivity index (χ1v) is 5.77. The zero-order chi connectivity index (χ0) is 12.4. The second-order valence-corrected chi connectivity index (χ2v) is 4.02. The van der Waals surface area contributed by atoms with Crippen molar-refractivity contribution in [3.63, 3.8) is 0 Å². The van der Waals surface area contributed by atoms with Crippen LogP contribution < -0.4 is 15.0 Å². The third-order valence-electron chi connectivity index (χ3n) is 2.71. The first-order chi connectivity index (χ1) is 8.83. The second kappa shape index (κ2) is 4.52. The zero-order valence-corrected chi connectivity index (χ0v) is 9.68. The van der Waals surface area contributed by atoms with Crippen LogP contribution in [-0.2, 0) is 0 Å². The lowest BCUT2D eigenvalue weighted by atomic mass is 10.1. The van der Waals surface area contributed by atoms with E-state index in [1.54, 1.807) is 6.20 Å². The molecule has 0 spiro atoms. The zero-order valence-electron chi connectivity index (χ0n) is 9.68.